The van der Waals surface area contributed by atoms with Crippen LogP contribution in [0, 0.1) is 6.92 Å². The molecule has 2 atom stereocenters. The van der Waals surface area contributed by atoms with E-state index in [0.29, 0.717) is 18.7 Å². The van der Waals surface area contributed by atoms with Crippen LogP contribution in [0.2, 0.25) is 0 Å². The van der Waals surface area contributed by atoms with Gasteiger partial charge in [0.1, 0.15) is 12.4 Å². The Kier molecular flexibility index (Phi) is 4.83. The van der Waals surface area contributed by atoms with E-state index in [0.717, 1.165) is 30.4 Å². The number of rotatable bonds is 3. The van der Waals surface area contributed by atoms with Crippen molar-refractivity contribution >= 4 is 6.09 Å². The summed E-state index contributed by atoms with van der Waals surface area (Å²) in [6.45, 7) is 2.10. The molecule has 142 valence electrons. The number of carbonyl (C=O) groups is 1. The topological polar surface area (TPSA) is 75.6 Å². The number of benzene rings is 1. The molecule has 0 radical (unpaired) electrons. The number of aromatic nitrogens is 2. The molecule has 2 unspecified atom stereocenters. The molecule has 1 aromatic heterocycles. The first-order chi connectivity index (χ1) is 13.0. The Labute approximate surface area is 159 Å². The average molecular weight is 367 g/mol. The minimum absolute atomic E-state index is 0.0212. The second kappa shape index (κ2) is 7.27. The summed E-state index contributed by atoms with van der Waals surface area (Å²) in [5.74, 6) is 0.685. The molecule has 0 saturated carbocycles. The molecule has 1 N–H and O–H groups in total. The van der Waals surface area contributed by atoms with Gasteiger partial charge in [-0.25, -0.2) is 14.8 Å². The first kappa shape index (κ1) is 17.9. The van der Waals surface area contributed by atoms with Crippen molar-refractivity contribution in [2.24, 2.45) is 0 Å². The van der Waals surface area contributed by atoms with Crippen LogP contribution < -0.4 is 0 Å². The van der Waals surface area contributed by atoms with Crippen LogP contribution >= 0.6 is 0 Å². The Bertz CT molecular complexity index is 780. The van der Waals surface area contributed by atoms with Crippen molar-refractivity contribution in [2.45, 2.75) is 63.3 Å². The van der Waals surface area contributed by atoms with Crippen molar-refractivity contribution in [1.29, 1.82) is 0 Å². The van der Waals surface area contributed by atoms with E-state index in [1.54, 1.807) is 12.4 Å². The maximum atomic E-state index is 12.8. The zero-order chi connectivity index (χ0) is 18.9. The van der Waals surface area contributed by atoms with Crippen LogP contribution in [0.3, 0.4) is 0 Å². The zero-order valence-electron chi connectivity index (χ0n) is 15.5. The van der Waals surface area contributed by atoms with Crippen LogP contribution in [0.5, 0.6) is 0 Å². The normalized spacial score (nSPS) is 27.3. The van der Waals surface area contributed by atoms with Crippen LogP contribution in [-0.2, 0) is 16.9 Å². The molecule has 27 heavy (non-hydrogen) atoms. The molecule has 0 aliphatic carbocycles. The molecule has 6 nitrogen and oxygen atoms in total. The van der Waals surface area contributed by atoms with Gasteiger partial charge in [-0.05, 0) is 31.7 Å². The zero-order valence-corrected chi connectivity index (χ0v) is 15.5. The molecule has 6 heteroatoms. The molecule has 2 aliphatic rings. The predicted octanol–water partition coefficient (Wildman–Crippen LogP) is 3.33. The number of nitrogens with zero attached hydrogens (tertiary/aromatic N) is 3. The number of hydrogen-bond acceptors (Lipinski definition) is 5. The average Bonchev–Trinajstić information content (AvgIpc) is 2.67. The Morgan fingerprint density at radius 2 is 1.81 bits per heavy atom. The highest BCUT2D eigenvalue weighted by Gasteiger charge is 2.48. The molecule has 3 heterocycles. The summed E-state index contributed by atoms with van der Waals surface area (Å²) in [5, 5.41) is 11.3. The Morgan fingerprint density at radius 3 is 2.44 bits per heavy atom. The van der Waals surface area contributed by atoms with Gasteiger partial charge in [0.2, 0.25) is 0 Å². The lowest BCUT2D eigenvalue weighted by Crippen LogP contribution is -2.59. The lowest BCUT2D eigenvalue weighted by Gasteiger charge is -2.51. The van der Waals surface area contributed by atoms with Crippen LogP contribution in [0.1, 0.15) is 49.1 Å². The molecule has 2 saturated heterocycles. The summed E-state index contributed by atoms with van der Waals surface area (Å²) >= 11 is 0. The van der Waals surface area contributed by atoms with Crippen molar-refractivity contribution in [3.63, 3.8) is 0 Å². The van der Waals surface area contributed by atoms with Gasteiger partial charge in [0.25, 0.3) is 0 Å². The summed E-state index contributed by atoms with van der Waals surface area (Å²) in [5.41, 5.74) is 0.725. The lowest BCUT2D eigenvalue weighted by atomic mass is 9.73. The summed E-state index contributed by atoms with van der Waals surface area (Å²) in [4.78, 5) is 23.1. The summed E-state index contributed by atoms with van der Waals surface area (Å²) in [6.07, 6.45) is 6.96. The van der Waals surface area contributed by atoms with Crippen molar-refractivity contribution in [2.75, 3.05) is 0 Å². The fraction of sp³-hybridized carbons (Fsp3) is 0.476. The van der Waals surface area contributed by atoms with Gasteiger partial charge in [0, 0.05) is 42.9 Å². The van der Waals surface area contributed by atoms with Crippen LogP contribution in [0.25, 0.3) is 0 Å². The van der Waals surface area contributed by atoms with Crippen molar-refractivity contribution in [3.05, 3.63) is 59.7 Å². The third-order valence-electron chi connectivity index (χ3n) is 5.74. The Balaban J connectivity index is 1.48. The SMILES string of the molecule is Cc1ncc(C2(O)CC3CCCC(C2)N3C(=O)OCc2ccccc2)cn1. The molecular weight excluding hydrogens is 342 g/mol. The van der Waals surface area contributed by atoms with Gasteiger partial charge in [0.15, 0.2) is 0 Å². The quantitative estimate of drug-likeness (QED) is 0.901. The number of carbonyl (C=O) groups excluding carboxylic acids is 1. The summed E-state index contributed by atoms with van der Waals surface area (Å²) < 4.78 is 5.57. The third-order valence-corrected chi connectivity index (χ3v) is 5.74. The minimum atomic E-state index is -0.986. The van der Waals surface area contributed by atoms with E-state index in [4.69, 9.17) is 4.74 Å². The van der Waals surface area contributed by atoms with Gasteiger partial charge in [-0.1, -0.05) is 30.3 Å². The van der Waals surface area contributed by atoms with Gasteiger partial charge in [-0.3, -0.25) is 0 Å². The van der Waals surface area contributed by atoms with E-state index in [9.17, 15) is 9.90 Å². The molecule has 1 amide bonds. The number of piperidine rings is 2. The number of aliphatic hydroxyl groups is 1. The van der Waals surface area contributed by atoms with E-state index in [2.05, 4.69) is 9.97 Å². The second-order valence-electron chi connectivity index (χ2n) is 7.64. The third kappa shape index (κ3) is 3.67. The van der Waals surface area contributed by atoms with Crippen molar-refractivity contribution < 1.29 is 14.6 Å². The first-order valence-corrected chi connectivity index (χ1v) is 9.56. The van der Waals surface area contributed by atoms with Crippen LogP contribution in [0.4, 0.5) is 4.79 Å². The predicted molar refractivity (Wildman–Crippen MR) is 99.8 cm³/mol. The Morgan fingerprint density at radius 1 is 1.19 bits per heavy atom. The van der Waals surface area contributed by atoms with Gasteiger partial charge in [-0.2, -0.15) is 0 Å². The Hall–Kier alpha value is -2.47. The van der Waals surface area contributed by atoms with E-state index >= 15 is 0 Å². The molecule has 2 fully saturated rings. The number of hydrogen-bond donors (Lipinski definition) is 1. The largest absolute Gasteiger partial charge is 0.445 e. The molecule has 2 aromatic rings. The second-order valence-corrected chi connectivity index (χ2v) is 7.64. The highest BCUT2D eigenvalue weighted by Crippen LogP contribution is 2.44. The lowest BCUT2D eigenvalue weighted by molar-refractivity contribution is -0.0899. The maximum Gasteiger partial charge on any atom is 0.410 e. The van der Waals surface area contributed by atoms with Crippen molar-refractivity contribution in [1.82, 2.24) is 14.9 Å². The van der Waals surface area contributed by atoms with E-state index in [1.165, 1.54) is 0 Å². The number of ether oxygens (including phenoxy) is 1. The van der Waals surface area contributed by atoms with Gasteiger partial charge in [-0.15, -0.1) is 0 Å². The van der Waals surface area contributed by atoms with Gasteiger partial charge < -0.3 is 14.7 Å². The highest BCUT2D eigenvalue weighted by atomic mass is 16.6. The standard InChI is InChI=1S/C21H25N3O3/c1-15-22-12-17(13-23-15)21(26)10-18-8-5-9-19(11-21)24(18)20(25)27-14-16-6-3-2-4-7-16/h2-4,6-7,12-13,18-19,26H,5,8-11,14H2,1H3. The van der Waals surface area contributed by atoms with E-state index in [1.807, 2.05) is 42.2 Å². The summed E-state index contributed by atoms with van der Waals surface area (Å²) in [7, 11) is 0. The van der Waals surface area contributed by atoms with E-state index in [-0.39, 0.29) is 24.8 Å². The fourth-order valence-corrected chi connectivity index (χ4v) is 4.39. The number of aryl methyl sites for hydroxylation is 1. The monoisotopic (exact) mass is 367 g/mol. The van der Waals surface area contributed by atoms with E-state index < -0.39 is 5.60 Å². The maximum absolute atomic E-state index is 12.8. The highest BCUT2D eigenvalue weighted by molar-refractivity contribution is 5.69. The van der Waals surface area contributed by atoms with Crippen LogP contribution in [-0.4, -0.2) is 38.2 Å². The minimum Gasteiger partial charge on any atom is -0.445 e. The van der Waals surface area contributed by atoms with Gasteiger partial charge in [0.05, 0.1) is 5.60 Å². The summed E-state index contributed by atoms with van der Waals surface area (Å²) in [6, 6.07) is 9.65. The molecule has 1 aromatic carbocycles. The van der Waals surface area contributed by atoms with Crippen molar-refractivity contribution in [3.8, 4) is 0 Å². The molecule has 2 aliphatic heterocycles. The molecule has 4 rings (SSSR count). The molecule has 0 spiro atoms. The molecule has 2 bridgehead atoms. The van der Waals surface area contributed by atoms with Crippen LogP contribution in [0.15, 0.2) is 42.7 Å². The number of fused-ring (bicyclic) bond motifs is 2. The van der Waals surface area contributed by atoms with Gasteiger partial charge >= 0.3 is 6.09 Å². The first-order valence-electron chi connectivity index (χ1n) is 9.56. The molecular formula is C21H25N3O3. The smallest absolute Gasteiger partial charge is 0.410 e. The fourth-order valence-electron chi connectivity index (χ4n) is 4.39. The number of amides is 1.